The first-order valence-corrected chi connectivity index (χ1v) is 12.2. The maximum Gasteiger partial charge on any atom is 0.264 e. The first-order valence-electron chi connectivity index (χ1n) is 10.8. The molecule has 4 aromatic rings. The molecule has 0 radical (unpaired) electrons. The second kappa shape index (κ2) is 8.33. The van der Waals surface area contributed by atoms with Crippen molar-refractivity contribution >= 4 is 38.2 Å². The third-order valence-electron chi connectivity index (χ3n) is 5.98. The standard InChI is InChI=1S/C26H23N3O3S/c1-18-11-13-21(14-12-18)33(31,32)29-17-20(22-8-2-3-10-24(22)29)16-25(30)28-23-9-4-6-19-7-5-15-27-26(19)23/h2-15,20H,16-17H2,1H3,(H,28,30). The number of sulfonamides is 1. The van der Waals surface area contributed by atoms with Crippen LogP contribution in [0.3, 0.4) is 0 Å². The van der Waals surface area contributed by atoms with E-state index in [4.69, 9.17) is 0 Å². The molecule has 1 aliphatic rings. The number of rotatable bonds is 5. The lowest BCUT2D eigenvalue weighted by atomic mass is 9.97. The van der Waals surface area contributed by atoms with E-state index in [9.17, 15) is 13.2 Å². The number of carbonyl (C=O) groups excluding carboxylic acids is 1. The minimum atomic E-state index is -3.73. The van der Waals surface area contributed by atoms with Gasteiger partial charge in [0.25, 0.3) is 10.0 Å². The molecular formula is C26H23N3O3S. The van der Waals surface area contributed by atoms with Gasteiger partial charge in [-0.3, -0.25) is 14.1 Å². The number of anilines is 2. The fourth-order valence-electron chi connectivity index (χ4n) is 4.33. The van der Waals surface area contributed by atoms with Crippen molar-refractivity contribution in [3.8, 4) is 0 Å². The number of hydrogen-bond donors (Lipinski definition) is 1. The van der Waals surface area contributed by atoms with Crippen LogP contribution in [-0.2, 0) is 14.8 Å². The number of benzene rings is 3. The fraction of sp³-hybridized carbons (Fsp3) is 0.154. The van der Waals surface area contributed by atoms with Crippen molar-refractivity contribution in [1.29, 1.82) is 0 Å². The van der Waals surface area contributed by atoms with E-state index in [1.54, 1.807) is 36.5 Å². The number of amides is 1. The monoisotopic (exact) mass is 457 g/mol. The van der Waals surface area contributed by atoms with Gasteiger partial charge in [-0.2, -0.15) is 0 Å². The van der Waals surface area contributed by atoms with Gasteiger partial charge >= 0.3 is 0 Å². The van der Waals surface area contributed by atoms with E-state index in [0.717, 1.165) is 22.0 Å². The molecule has 1 aromatic heterocycles. The molecule has 6 nitrogen and oxygen atoms in total. The average Bonchev–Trinajstić information content (AvgIpc) is 3.19. The lowest BCUT2D eigenvalue weighted by molar-refractivity contribution is -0.116. The molecule has 1 N–H and O–H groups in total. The van der Waals surface area contributed by atoms with E-state index in [-0.39, 0.29) is 29.7 Å². The number of fused-ring (bicyclic) bond motifs is 2. The van der Waals surface area contributed by atoms with Crippen LogP contribution in [0, 0.1) is 6.92 Å². The number of aryl methyl sites for hydroxylation is 1. The smallest absolute Gasteiger partial charge is 0.264 e. The number of nitrogens with one attached hydrogen (secondary N) is 1. The zero-order valence-corrected chi connectivity index (χ0v) is 18.9. The van der Waals surface area contributed by atoms with Crippen molar-refractivity contribution in [3.63, 3.8) is 0 Å². The van der Waals surface area contributed by atoms with Gasteiger partial charge in [0, 0.05) is 30.5 Å². The highest BCUT2D eigenvalue weighted by Crippen LogP contribution is 2.41. The summed E-state index contributed by atoms with van der Waals surface area (Å²) in [4.78, 5) is 17.6. The molecule has 1 atom stereocenters. The summed E-state index contributed by atoms with van der Waals surface area (Å²) in [5, 5.41) is 3.91. The number of nitrogens with zero attached hydrogens (tertiary/aromatic N) is 2. The second-order valence-electron chi connectivity index (χ2n) is 8.24. The lowest BCUT2D eigenvalue weighted by Crippen LogP contribution is -2.30. The highest BCUT2D eigenvalue weighted by molar-refractivity contribution is 7.92. The van der Waals surface area contributed by atoms with Gasteiger partial charge in [0.2, 0.25) is 5.91 Å². The van der Waals surface area contributed by atoms with Crippen LogP contribution in [0.1, 0.15) is 23.5 Å². The zero-order valence-electron chi connectivity index (χ0n) is 18.1. The SMILES string of the molecule is Cc1ccc(S(=O)(=O)N2CC(CC(=O)Nc3cccc4cccnc34)c3ccccc32)cc1. The van der Waals surface area contributed by atoms with Crippen LogP contribution in [-0.4, -0.2) is 25.9 Å². The van der Waals surface area contributed by atoms with Crippen LogP contribution < -0.4 is 9.62 Å². The summed E-state index contributed by atoms with van der Waals surface area (Å²) in [6.45, 7) is 2.14. The number of hydrogen-bond acceptors (Lipinski definition) is 4. The third-order valence-corrected chi connectivity index (χ3v) is 7.77. The molecule has 1 aliphatic heterocycles. The molecule has 0 aliphatic carbocycles. The van der Waals surface area contributed by atoms with E-state index >= 15 is 0 Å². The Hall–Kier alpha value is -3.71. The molecule has 0 fully saturated rings. The predicted molar refractivity (Wildman–Crippen MR) is 130 cm³/mol. The lowest BCUT2D eigenvalue weighted by Gasteiger charge is -2.20. The minimum absolute atomic E-state index is 0.167. The average molecular weight is 458 g/mol. The Kier molecular flexibility index (Phi) is 5.34. The van der Waals surface area contributed by atoms with E-state index in [1.807, 2.05) is 55.5 Å². The Morgan fingerprint density at radius 3 is 2.58 bits per heavy atom. The van der Waals surface area contributed by atoms with Crippen LogP contribution >= 0.6 is 0 Å². The predicted octanol–water partition coefficient (Wildman–Crippen LogP) is 4.86. The quantitative estimate of drug-likeness (QED) is 0.464. The molecule has 0 bridgehead atoms. The van der Waals surface area contributed by atoms with Crippen LogP contribution in [0.2, 0.25) is 0 Å². The summed E-state index contributed by atoms with van der Waals surface area (Å²) < 4.78 is 28.2. The van der Waals surface area contributed by atoms with Gasteiger partial charge in [-0.1, -0.05) is 54.1 Å². The number of aromatic nitrogens is 1. The van der Waals surface area contributed by atoms with Crippen LogP contribution in [0.15, 0.2) is 90.0 Å². The highest BCUT2D eigenvalue weighted by Gasteiger charge is 2.37. The van der Waals surface area contributed by atoms with Crippen molar-refractivity contribution in [2.24, 2.45) is 0 Å². The van der Waals surface area contributed by atoms with Crippen LogP contribution in [0.5, 0.6) is 0 Å². The summed E-state index contributed by atoms with van der Waals surface area (Å²) in [6, 6.07) is 23.7. The van der Waals surface area contributed by atoms with Gasteiger partial charge in [0.05, 0.1) is 21.8 Å². The molecule has 0 spiro atoms. The first kappa shape index (κ1) is 21.2. The molecule has 1 amide bonds. The molecular weight excluding hydrogens is 434 g/mol. The normalized spacial score (nSPS) is 15.4. The van der Waals surface area contributed by atoms with E-state index in [2.05, 4.69) is 10.3 Å². The van der Waals surface area contributed by atoms with Gasteiger partial charge in [-0.05, 0) is 42.8 Å². The number of para-hydroxylation sites is 2. The van der Waals surface area contributed by atoms with Crippen LogP contribution in [0.25, 0.3) is 10.9 Å². The maximum atomic E-state index is 13.4. The molecule has 166 valence electrons. The molecule has 3 aromatic carbocycles. The summed E-state index contributed by atoms with van der Waals surface area (Å²) >= 11 is 0. The first-order chi connectivity index (χ1) is 15.9. The van der Waals surface area contributed by atoms with Crippen molar-refractivity contribution < 1.29 is 13.2 Å². The van der Waals surface area contributed by atoms with Crippen LogP contribution in [0.4, 0.5) is 11.4 Å². The summed E-state index contributed by atoms with van der Waals surface area (Å²) in [5.41, 5.74) is 3.85. The van der Waals surface area contributed by atoms with Crippen molar-refractivity contribution in [2.45, 2.75) is 24.2 Å². The molecule has 33 heavy (non-hydrogen) atoms. The Labute approximate surface area is 192 Å². The van der Waals surface area contributed by atoms with E-state index in [0.29, 0.717) is 11.4 Å². The fourth-order valence-corrected chi connectivity index (χ4v) is 5.86. The summed E-state index contributed by atoms with van der Waals surface area (Å²) in [7, 11) is -3.73. The Morgan fingerprint density at radius 2 is 1.76 bits per heavy atom. The largest absolute Gasteiger partial charge is 0.324 e. The molecule has 5 rings (SSSR count). The molecule has 0 saturated heterocycles. The molecule has 2 heterocycles. The summed E-state index contributed by atoms with van der Waals surface area (Å²) in [6.07, 6.45) is 1.86. The Morgan fingerprint density at radius 1 is 1.00 bits per heavy atom. The highest BCUT2D eigenvalue weighted by atomic mass is 32.2. The van der Waals surface area contributed by atoms with Gasteiger partial charge in [-0.25, -0.2) is 8.42 Å². The number of carbonyl (C=O) groups is 1. The van der Waals surface area contributed by atoms with Gasteiger partial charge in [0.1, 0.15) is 0 Å². The van der Waals surface area contributed by atoms with E-state index < -0.39 is 10.0 Å². The Bertz CT molecular complexity index is 1440. The maximum absolute atomic E-state index is 13.4. The second-order valence-corrected chi connectivity index (χ2v) is 10.1. The van der Waals surface area contributed by atoms with Crippen molar-refractivity contribution in [3.05, 3.63) is 96.2 Å². The van der Waals surface area contributed by atoms with Crippen molar-refractivity contribution in [2.75, 3.05) is 16.2 Å². The third kappa shape index (κ3) is 3.96. The van der Waals surface area contributed by atoms with E-state index in [1.165, 1.54) is 4.31 Å². The zero-order chi connectivity index (χ0) is 23.0. The Balaban J connectivity index is 1.40. The molecule has 0 saturated carbocycles. The number of pyridine rings is 1. The van der Waals surface area contributed by atoms with Gasteiger partial charge in [0.15, 0.2) is 0 Å². The topological polar surface area (TPSA) is 79.4 Å². The minimum Gasteiger partial charge on any atom is -0.324 e. The van der Waals surface area contributed by atoms with Gasteiger partial charge < -0.3 is 5.32 Å². The molecule has 7 heteroatoms. The van der Waals surface area contributed by atoms with Crippen molar-refractivity contribution in [1.82, 2.24) is 4.98 Å². The summed E-state index contributed by atoms with van der Waals surface area (Å²) in [5.74, 6) is -0.424. The van der Waals surface area contributed by atoms with Gasteiger partial charge in [-0.15, -0.1) is 0 Å². The molecule has 1 unspecified atom stereocenters.